The number of carbonyl (C=O) groups excluding carboxylic acids is 4. The van der Waals surface area contributed by atoms with Crippen LogP contribution in [-0.2, 0) is 32.1 Å². The van der Waals surface area contributed by atoms with Crippen molar-refractivity contribution in [1.29, 1.82) is 0 Å². The molecule has 8 nitrogen and oxygen atoms in total. The maximum absolute atomic E-state index is 13.2. The number of benzene rings is 2. The van der Waals surface area contributed by atoms with Crippen molar-refractivity contribution in [2.24, 2.45) is 5.92 Å². The summed E-state index contributed by atoms with van der Waals surface area (Å²) < 4.78 is 5.27. The summed E-state index contributed by atoms with van der Waals surface area (Å²) in [6, 6.07) is 16.4. The molecule has 0 aliphatic carbocycles. The number of Topliss-reactive ketones (excluding diaryl/α,β-unsaturated/α-hetero) is 1. The van der Waals surface area contributed by atoms with Gasteiger partial charge in [-0.25, -0.2) is 4.79 Å². The Labute approximate surface area is 213 Å². The Morgan fingerprint density at radius 1 is 0.833 bits per heavy atom. The van der Waals surface area contributed by atoms with Crippen LogP contribution in [0.5, 0.6) is 0 Å². The van der Waals surface area contributed by atoms with Gasteiger partial charge in [0.2, 0.25) is 11.7 Å². The van der Waals surface area contributed by atoms with E-state index in [2.05, 4.69) is 16.0 Å². The maximum atomic E-state index is 13.2. The fourth-order valence-corrected chi connectivity index (χ4v) is 3.57. The standard InChI is InChI=1S/C28H37N3O5/c1-4-5-16-29-27(34)25(32)23(18-21-12-8-6-9-13-21)30-26(33)24(17-20(2)3)31-28(35)36-19-22-14-10-7-11-15-22/h6-15,20,23-24H,4-5,16-19H2,1-3H3,(H,29,34)(H,30,33)(H,31,35)/t23-,24-/m0/s1. The predicted octanol–water partition coefficient (Wildman–Crippen LogP) is 3.54. The molecule has 2 aromatic rings. The first-order valence-corrected chi connectivity index (χ1v) is 12.4. The Bertz CT molecular complexity index is 979. The van der Waals surface area contributed by atoms with Gasteiger partial charge >= 0.3 is 6.09 Å². The van der Waals surface area contributed by atoms with E-state index in [4.69, 9.17) is 4.74 Å². The number of unbranched alkanes of at least 4 members (excludes halogenated alkanes) is 1. The third-order valence-corrected chi connectivity index (χ3v) is 5.48. The number of ether oxygens (including phenoxy) is 1. The molecule has 0 aliphatic rings. The van der Waals surface area contributed by atoms with Crippen LogP contribution in [0.3, 0.4) is 0 Å². The number of alkyl carbamates (subject to hydrolysis) is 1. The molecule has 8 heteroatoms. The normalized spacial score (nSPS) is 12.3. The van der Waals surface area contributed by atoms with E-state index in [9.17, 15) is 19.2 Å². The van der Waals surface area contributed by atoms with Gasteiger partial charge in [-0.2, -0.15) is 0 Å². The van der Waals surface area contributed by atoms with E-state index in [0.717, 1.165) is 24.0 Å². The minimum Gasteiger partial charge on any atom is -0.445 e. The van der Waals surface area contributed by atoms with Crippen LogP contribution in [0.25, 0.3) is 0 Å². The van der Waals surface area contributed by atoms with Gasteiger partial charge in [0.1, 0.15) is 18.7 Å². The van der Waals surface area contributed by atoms with Gasteiger partial charge in [0.25, 0.3) is 5.91 Å². The van der Waals surface area contributed by atoms with Gasteiger partial charge in [0.05, 0.1) is 0 Å². The Morgan fingerprint density at radius 2 is 1.44 bits per heavy atom. The average Bonchev–Trinajstić information content (AvgIpc) is 2.87. The number of hydrogen-bond donors (Lipinski definition) is 3. The largest absolute Gasteiger partial charge is 0.445 e. The predicted molar refractivity (Wildman–Crippen MR) is 138 cm³/mol. The summed E-state index contributed by atoms with van der Waals surface area (Å²) in [4.78, 5) is 51.1. The van der Waals surface area contributed by atoms with E-state index in [1.807, 2.05) is 81.4 Å². The van der Waals surface area contributed by atoms with Crippen LogP contribution in [0.4, 0.5) is 4.79 Å². The minimum atomic E-state index is -1.07. The first kappa shape index (κ1) is 28.6. The molecule has 0 aliphatic heterocycles. The highest BCUT2D eigenvalue weighted by molar-refractivity contribution is 6.38. The molecule has 0 saturated carbocycles. The van der Waals surface area contributed by atoms with Crippen LogP contribution in [-0.4, -0.2) is 42.3 Å². The number of carbonyl (C=O) groups is 4. The Morgan fingerprint density at radius 3 is 2.03 bits per heavy atom. The second-order valence-electron chi connectivity index (χ2n) is 9.11. The van der Waals surface area contributed by atoms with Gasteiger partial charge < -0.3 is 20.7 Å². The zero-order chi connectivity index (χ0) is 26.3. The van der Waals surface area contributed by atoms with Crippen LogP contribution in [0.2, 0.25) is 0 Å². The van der Waals surface area contributed by atoms with Crippen LogP contribution in [0, 0.1) is 5.92 Å². The van der Waals surface area contributed by atoms with Crippen molar-refractivity contribution >= 4 is 23.7 Å². The fraction of sp³-hybridized carbons (Fsp3) is 0.429. The van der Waals surface area contributed by atoms with Gasteiger partial charge in [0.15, 0.2) is 0 Å². The SMILES string of the molecule is CCCCNC(=O)C(=O)[C@H](Cc1ccccc1)NC(=O)[C@H](CC(C)C)NC(=O)OCc1ccccc1. The summed E-state index contributed by atoms with van der Waals surface area (Å²) in [5, 5.41) is 7.93. The lowest BCUT2D eigenvalue weighted by molar-refractivity contribution is -0.140. The fourth-order valence-electron chi connectivity index (χ4n) is 3.57. The summed E-state index contributed by atoms with van der Waals surface area (Å²) in [6.45, 7) is 6.28. The summed E-state index contributed by atoms with van der Waals surface area (Å²) in [5.74, 6) is -1.93. The molecule has 0 fully saturated rings. The molecule has 0 heterocycles. The van der Waals surface area contributed by atoms with E-state index in [-0.39, 0.29) is 18.9 Å². The maximum Gasteiger partial charge on any atom is 0.408 e. The second-order valence-corrected chi connectivity index (χ2v) is 9.11. The van der Waals surface area contributed by atoms with Crippen LogP contribution < -0.4 is 16.0 Å². The minimum absolute atomic E-state index is 0.0652. The van der Waals surface area contributed by atoms with Gasteiger partial charge in [0, 0.05) is 13.0 Å². The van der Waals surface area contributed by atoms with Gasteiger partial charge in [-0.1, -0.05) is 87.9 Å². The summed E-state index contributed by atoms with van der Waals surface area (Å²) in [5.41, 5.74) is 1.62. The lowest BCUT2D eigenvalue weighted by Gasteiger charge is -2.23. The van der Waals surface area contributed by atoms with Crippen molar-refractivity contribution in [3.05, 3.63) is 71.8 Å². The smallest absolute Gasteiger partial charge is 0.408 e. The highest BCUT2D eigenvalue weighted by Gasteiger charge is 2.31. The molecule has 3 amide bonds. The molecule has 0 spiro atoms. The monoisotopic (exact) mass is 495 g/mol. The van der Waals surface area contributed by atoms with Crippen molar-refractivity contribution in [2.75, 3.05) is 6.54 Å². The van der Waals surface area contributed by atoms with Crippen molar-refractivity contribution in [1.82, 2.24) is 16.0 Å². The molecule has 0 saturated heterocycles. The quantitative estimate of drug-likeness (QED) is 0.274. The Hall–Kier alpha value is -3.68. The van der Waals surface area contributed by atoms with Gasteiger partial charge in [-0.15, -0.1) is 0 Å². The van der Waals surface area contributed by atoms with E-state index >= 15 is 0 Å². The average molecular weight is 496 g/mol. The summed E-state index contributed by atoms with van der Waals surface area (Å²) in [6.07, 6.45) is 1.38. The van der Waals surface area contributed by atoms with Crippen molar-refractivity contribution in [3.8, 4) is 0 Å². The van der Waals surface area contributed by atoms with Crippen LogP contribution in [0.1, 0.15) is 51.2 Å². The summed E-state index contributed by atoms with van der Waals surface area (Å²) >= 11 is 0. The number of rotatable bonds is 14. The second kappa shape index (κ2) is 15.3. The number of ketones is 1. The Balaban J connectivity index is 2.10. The van der Waals surface area contributed by atoms with E-state index < -0.39 is 35.8 Å². The third-order valence-electron chi connectivity index (χ3n) is 5.48. The Kier molecular flexibility index (Phi) is 12.2. The third kappa shape index (κ3) is 10.3. The highest BCUT2D eigenvalue weighted by Crippen LogP contribution is 2.09. The number of amides is 3. The first-order chi connectivity index (χ1) is 17.3. The van der Waals surface area contributed by atoms with Crippen LogP contribution in [0.15, 0.2) is 60.7 Å². The highest BCUT2D eigenvalue weighted by atomic mass is 16.5. The van der Waals surface area contributed by atoms with Gasteiger partial charge in [-0.05, 0) is 29.9 Å². The lowest BCUT2D eigenvalue weighted by Crippen LogP contribution is -2.55. The molecular formula is C28H37N3O5. The molecule has 0 bridgehead atoms. The van der Waals surface area contributed by atoms with E-state index in [1.54, 1.807) is 0 Å². The lowest BCUT2D eigenvalue weighted by atomic mass is 9.99. The molecule has 2 rings (SSSR count). The van der Waals surface area contributed by atoms with Gasteiger partial charge in [-0.3, -0.25) is 14.4 Å². The zero-order valence-corrected chi connectivity index (χ0v) is 21.3. The summed E-state index contributed by atoms with van der Waals surface area (Å²) in [7, 11) is 0. The molecule has 0 unspecified atom stereocenters. The zero-order valence-electron chi connectivity index (χ0n) is 21.3. The molecule has 2 aromatic carbocycles. The number of nitrogens with one attached hydrogen (secondary N) is 3. The van der Waals surface area contributed by atoms with Crippen LogP contribution >= 0.6 is 0 Å². The molecule has 36 heavy (non-hydrogen) atoms. The van der Waals surface area contributed by atoms with Crippen molar-refractivity contribution in [2.45, 2.75) is 65.1 Å². The topological polar surface area (TPSA) is 114 Å². The molecule has 0 aromatic heterocycles. The van der Waals surface area contributed by atoms with Crippen molar-refractivity contribution in [3.63, 3.8) is 0 Å². The van der Waals surface area contributed by atoms with E-state index in [0.29, 0.717) is 13.0 Å². The molecule has 194 valence electrons. The number of hydrogen-bond acceptors (Lipinski definition) is 5. The van der Waals surface area contributed by atoms with E-state index in [1.165, 1.54) is 0 Å². The van der Waals surface area contributed by atoms with Crippen molar-refractivity contribution < 1.29 is 23.9 Å². The first-order valence-electron chi connectivity index (χ1n) is 12.4. The molecule has 3 N–H and O–H groups in total. The molecule has 0 radical (unpaired) electrons. The molecule has 2 atom stereocenters. The molecular weight excluding hydrogens is 458 g/mol.